The number of hydrogen-bond acceptors (Lipinski definition) is 1. The minimum atomic E-state index is -0.124. The molecule has 0 amide bonds. The SMILES string of the molecule is CC(C)(C)c1cc(C(C)(C)C)c(C(C)(C)C)c(O)c1C/C=C/c1ccccc1. The summed E-state index contributed by atoms with van der Waals surface area (Å²) in [4.78, 5) is 0. The van der Waals surface area contributed by atoms with Gasteiger partial charge in [-0.25, -0.2) is 0 Å². The van der Waals surface area contributed by atoms with Crippen LogP contribution in [0.2, 0.25) is 0 Å². The molecule has 28 heavy (non-hydrogen) atoms. The molecule has 1 nitrogen and oxygen atoms in total. The highest BCUT2D eigenvalue weighted by Gasteiger charge is 2.33. The van der Waals surface area contributed by atoms with E-state index in [1.54, 1.807) is 0 Å². The Balaban J connectivity index is 2.67. The minimum Gasteiger partial charge on any atom is -0.507 e. The second-order valence-corrected chi connectivity index (χ2v) is 10.9. The van der Waals surface area contributed by atoms with Crippen LogP contribution in [0.4, 0.5) is 0 Å². The van der Waals surface area contributed by atoms with Gasteiger partial charge in [0, 0.05) is 11.1 Å². The summed E-state index contributed by atoms with van der Waals surface area (Å²) >= 11 is 0. The van der Waals surface area contributed by atoms with Gasteiger partial charge in [0.2, 0.25) is 0 Å². The standard InChI is InChI=1S/C27H38O/c1-25(2,3)21-18-22(26(4,5)6)23(27(7,8)9)24(28)20(21)17-13-16-19-14-11-10-12-15-19/h10-16,18,28H,17H2,1-9H3/b16-13+. The first kappa shape index (κ1) is 22.3. The van der Waals surface area contributed by atoms with Gasteiger partial charge in [-0.15, -0.1) is 0 Å². The molecule has 2 rings (SSSR count). The van der Waals surface area contributed by atoms with Crippen LogP contribution in [0.3, 0.4) is 0 Å². The van der Waals surface area contributed by atoms with Gasteiger partial charge in [0.25, 0.3) is 0 Å². The van der Waals surface area contributed by atoms with Crippen LogP contribution in [-0.2, 0) is 22.7 Å². The van der Waals surface area contributed by atoms with E-state index in [1.165, 1.54) is 16.7 Å². The number of allylic oxidation sites excluding steroid dienone is 1. The Labute approximate surface area is 172 Å². The van der Waals surface area contributed by atoms with Crippen LogP contribution >= 0.6 is 0 Å². The molecule has 0 saturated heterocycles. The third-order valence-electron chi connectivity index (χ3n) is 5.20. The molecule has 0 saturated carbocycles. The second kappa shape index (κ2) is 7.78. The predicted octanol–water partition coefficient (Wildman–Crippen LogP) is 7.54. The van der Waals surface area contributed by atoms with Gasteiger partial charge < -0.3 is 5.11 Å². The lowest BCUT2D eigenvalue weighted by Gasteiger charge is -2.35. The molecule has 0 aromatic heterocycles. The summed E-state index contributed by atoms with van der Waals surface area (Å²) in [6.45, 7) is 20.0. The van der Waals surface area contributed by atoms with E-state index in [0.717, 1.165) is 17.5 Å². The van der Waals surface area contributed by atoms with Gasteiger partial charge >= 0.3 is 0 Å². The molecule has 0 spiro atoms. The summed E-state index contributed by atoms with van der Waals surface area (Å²) in [5.41, 5.74) is 5.61. The van der Waals surface area contributed by atoms with Crippen molar-refractivity contribution in [3.63, 3.8) is 0 Å². The Morgan fingerprint density at radius 2 is 1.29 bits per heavy atom. The van der Waals surface area contributed by atoms with Crippen molar-refractivity contribution in [1.29, 1.82) is 0 Å². The zero-order chi connectivity index (χ0) is 21.3. The van der Waals surface area contributed by atoms with Crippen molar-refractivity contribution in [3.05, 3.63) is 70.3 Å². The van der Waals surface area contributed by atoms with Gasteiger partial charge in [-0.2, -0.15) is 0 Å². The fourth-order valence-electron chi connectivity index (χ4n) is 3.81. The topological polar surface area (TPSA) is 20.2 Å². The molecule has 1 heteroatoms. The zero-order valence-corrected chi connectivity index (χ0v) is 19.3. The Morgan fingerprint density at radius 3 is 1.75 bits per heavy atom. The van der Waals surface area contributed by atoms with Crippen molar-refractivity contribution in [2.24, 2.45) is 0 Å². The summed E-state index contributed by atoms with van der Waals surface area (Å²) in [6, 6.07) is 12.7. The van der Waals surface area contributed by atoms with Crippen LogP contribution < -0.4 is 0 Å². The summed E-state index contributed by atoms with van der Waals surface area (Å²) in [5, 5.41) is 11.5. The number of phenolic OH excluding ortho intramolecular Hbond substituents is 1. The summed E-state index contributed by atoms with van der Waals surface area (Å²) in [5.74, 6) is 0.475. The lowest BCUT2D eigenvalue weighted by atomic mass is 9.70. The fraction of sp³-hybridized carbons (Fsp3) is 0.481. The molecule has 1 N–H and O–H groups in total. The summed E-state index contributed by atoms with van der Waals surface area (Å²) < 4.78 is 0. The first-order valence-corrected chi connectivity index (χ1v) is 10.3. The summed E-state index contributed by atoms with van der Waals surface area (Å²) in [7, 11) is 0. The van der Waals surface area contributed by atoms with Crippen molar-refractivity contribution in [3.8, 4) is 5.75 Å². The molecule has 0 heterocycles. The minimum absolute atomic E-state index is 0.0293. The molecule has 152 valence electrons. The van der Waals surface area contributed by atoms with Crippen molar-refractivity contribution in [2.75, 3.05) is 0 Å². The molecule has 0 atom stereocenters. The first-order valence-electron chi connectivity index (χ1n) is 10.3. The van der Waals surface area contributed by atoms with Crippen molar-refractivity contribution in [1.82, 2.24) is 0 Å². The number of rotatable bonds is 3. The van der Waals surface area contributed by atoms with E-state index in [2.05, 4.69) is 92.7 Å². The van der Waals surface area contributed by atoms with Crippen molar-refractivity contribution >= 4 is 6.08 Å². The van der Waals surface area contributed by atoms with E-state index < -0.39 is 0 Å². The maximum atomic E-state index is 11.5. The molecular formula is C27H38O. The molecule has 2 aromatic carbocycles. The van der Waals surface area contributed by atoms with Gasteiger partial charge in [-0.1, -0.05) is 111 Å². The Morgan fingerprint density at radius 1 is 0.750 bits per heavy atom. The Kier molecular flexibility index (Phi) is 6.19. The van der Waals surface area contributed by atoms with Gasteiger partial charge in [0.15, 0.2) is 0 Å². The largest absolute Gasteiger partial charge is 0.507 e. The van der Waals surface area contributed by atoms with E-state index in [-0.39, 0.29) is 16.2 Å². The average molecular weight is 379 g/mol. The van der Waals surface area contributed by atoms with Crippen LogP contribution in [0.5, 0.6) is 5.75 Å². The molecule has 0 fully saturated rings. The van der Waals surface area contributed by atoms with E-state index in [4.69, 9.17) is 0 Å². The molecule has 0 unspecified atom stereocenters. The molecule has 0 aliphatic carbocycles. The lowest BCUT2D eigenvalue weighted by molar-refractivity contribution is 0.425. The molecule has 2 aromatic rings. The maximum absolute atomic E-state index is 11.5. The second-order valence-electron chi connectivity index (χ2n) is 10.9. The van der Waals surface area contributed by atoms with E-state index in [0.29, 0.717) is 5.75 Å². The van der Waals surface area contributed by atoms with Crippen LogP contribution in [0.25, 0.3) is 6.08 Å². The molecule has 0 aliphatic rings. The number of phenols is 1. The van der Waals surface area contributed by atoms with Crippen LogP contribution in [0.1, 0.15) is 90.1 Å². The van der Waals surface area contributed by atoms with Gasteiger partial charge in [-0.05, 0) is 39.4 Å². The Hall–Kier alpha value is -2.02. The summed E-state index contributed by atoms with van der Waals surface area (Å²) in [6.07, 6.45) is 5.03. The van der Waals surface area contributed by atoms with Gasteiger partial charge in [0.1, 0.15) is 5.75 Å². The van der Waals surface area contributed by atoms with Gasteiger partial charge in [-0.3, -0.25) is 0 Å². The number of aromatic hydroxyl groups is 1. The van der Waals surface area contributed by atoms with Crippen molar-refractivity contribution in [2.45, 2.75) is 85.0 Å². The predicted molar refractivity (Wildman–Crippen MR) is 123 cm³/mol. The average Bonchev–Trinajstić information content (AvgIpc) is 2.53. The van der Waals surface area contributed by atoms with Crippen LogP contribution in [0.15, 0.2) is 42.5 Å². The van der Waals surface area contributed by atoms with Crippen molar-refractivity contribution < 1.29 is 5.11 Å². The number of hydrogen-bond donors (Lipinski definition) is 1. The monoisotopic (exact) mass is 378 g/mol. The fourth-order valence-corrected chi connectivity index (χ4v) is 3.81. The maximum Gasteiger partial charge on any atom is 0.123 e. The van der Waals surface area contributed by atoms with Crippen LogP contribution in [-0.4, -0.2) is 5.11 Å². The highest BCUT2D eigenvalue weighted by Crippen LogP contribution is 2.45. The molecule has 0 radical (unpaired) electrons. The lowest BCUT2D eigenvalue weighted by Crippen LogP contribution is -2.25. The first-order chi connectivity index (χ1) is 12.7. The molecule has 0 aliphatic heterocycles. The Bertz CT molecular complexity index is 835. The molecule has 0 bridgehead atoms. The quantitative estimate of drug-likeness (QED) is 0.585. The van der Waals surface area contributed by atoms with Crippen LogP contribution in [0, 0.1) is 0 Å². The zero-order valence-electron chi connectivity index (χ0n) is 19.3. The third kappa shape index (κ3) is 5.07. The highest BCUT2D eigenvalue weighted by atomic mass is 16.3. The third-order valence-corrected chi connectivity index (χ3v) is 5.20. The van der Waals surface area contributed by atoms with E-state index in [9.17, 15) is 5.11 Å². The molecular weight excluding hydrogens is 340 g/mol. The number of benzene rings is 2. The normalized spacial score (nSPS) is 13.3. The van der Waals surface area contributed by atoms with E-state index >= 15 is 0 Å². The highest BCUT2D eigenvalue weighted by molar-refractivity contribution is 5.58. The van der Waals surface area contributed by atoms with E-state index in [1.807, 2.05) is 18.2 Å². The van der Waals surface area contributed by atoms with Gasteiger partial charge in [0.05, 0.1) is 0 Å². The smallest absolute Gasteiger partial charge is 0.123 e.